The number of hydrogen-bond acceptors (Lipinski definition) is 2. The second kappa shape index (κ2) is 5.61. The summed E-state index contributed by atoms with van der Waals surface area (Å²) in [6.07, 6.45) is 5.30. The van der Waals surface area contributed by atoms with Gasteiger partial charge in [0.25, 0.3) is 0 Å². The first-order valence-electron chi connectivity index (χ1n) is 5.72. The molecule has 2 N–H and O–H groups in total. The smallest absolute Gasteiger partial charge is 0.00790 e. The lowest BCUT2D eigenvalue weighted by Crippen LogP contribution is -2.32. The standard InChI is InChI=1S/C11H24N2/c1-3-4-11-6-8-13(9-11)10(2)5-7-12/h10-11H,3-9,12H2,1-2H3. The number of rotatable bonds is 5. The lowest BCUT2D eigenvalue weighted by atomic mass is 10.0. The highest BCUT2D eigenvalue weighted by molar-refractivity contribution is 4.79. The van der Waals surface area contributed by atoms with E-state index in [2.05, 4.69) is 18.7 Å². The van der Waals surface area contributed by atoms with Crippen LogP contribution in [-0.2, 0) is 0 Å². The fourth-order valence-corrected chi connectivity index (χ4v) is 2.33. The van der Waals surface area contributed by atoms with E-state index in [-0.39, 0.29) is 0 Å². The summed E-state index contributed by atoms with van der Waals surface area (Å²) in [7, 11) is 0. The van der Waals surface area contributed by atoms with Gasteiger partial charge in [0, 0.05) is 12.6 Å². The summed E-state index contributed by atoms with van der Waals surface area (Å²) in [5.74, 6) is 0.963. The van der Waals surface area contributed by atoms with Crippen LogP contribution in [0.5, 0.6) is 0 Å². The maximum Gasteiger partial charge on any atom is 0.00790 e. The Bertz CT molecular complexity index is 136. The van der Waals surface area contributed by atoms with Gasteiger partial charge in [0.1, 0.15) is 0 Å². The number of nitrogens with two attached hydrogens (primary N) is 1. The molecule has 1 fully saturated rings. The van der Waals surface area contributed by atoms with Crippen LogP contribution < -0.4 is 5.73 Å². The Kier molecular flexibility index (Phi) is 4.74. The molecule has 0 spiro atoms. The molecule has 1 heterocycles. The zero-order valence-electron chi connectivity index (χ0n) is 9.13. The van der Waals surface area contributed by atoms with Crippen molar-refractivity contribution in [3.05, 3.63) is 0 Å². The highest BCUT2D eigenvalue weighted by Crippen LogP contribution is 2.23. The first-order chi connectivity index (χ1) is 6.27. The highest BCUT2D eigenvalue weighted by atomic mass is 15.2. The minimum atomic E-state index is 0.701. The van der Waals surface area contributed by atoms with Gasteiger partial charge in [-0.15, -0.1) is 0 Å². The molecule has 0 amide bonds. The van der Waals surface area contributed by atoms with E-state index in [1.165, 1.54) is 32.4 Å². The van der Waals surface area contributed by atoms with Crippen LogP contribution in [0.2, 0.25) is 0 Å². The van der Waals surface area contributed by atoms with Crippen LogP contribution in [0.15, 0.2) is 0 Å². The molecule has 13 heavy (non-hydrogen) atoms. The van der Waals surface area contributed by atoms with Crippen molar-refractivity contribution in [2.75, 3.05) is 19.6 Å². The van der Waals surface area contributed by atoms with Gasteiger partial charge in [0.15, 0.2) is 0 Å². The van der Waals surface area contributed by atoms with Crippen LogP contribution in [0.3, 0.4) is 0 Å². The summed E-state index contributed by atoms with van der Waals surface area (Å²) < 4.78 is 0. The number of nitrogens with zero attached hydrogens (tertiary/aromatic N) is 1. The SMILES string of the molecule is CCCC1CCN(C(C)CCN)C1. The van der Waals surface area contributed by atoms with Gasteiger partial charge in [-0.2, -0.15) is 0 Å². The molecule has 0 aromatic rings. The van der Waals surface area contributed by atoms with Gasteiger partial charge in [0.05, 0.1) is 0 Å². The van der Waals surface area contributed by atoms with Crippen molar-refractivity contribution in [3.8, 4) is 0 Å². The fourth-order valence-electron chi connectivity index (χ4n) is 2.33. The fraction of sp³-hybridized carbons (Fsp3) is 1.00. The van der Waals surface area contributed by atoms with Gasteiger partial charge in [0.2, 0.25) is 0 Å². The molecule has 2 atom stereocenters. The zero-order valence-corrected chi connectivity index (χ0v) is 9.13. The third-order valence-electron chi connectivity index (χ3n) is 3.22. The Morgan fingerprint density at radius 2 is 2.31 bits per heavy atom. The average molecular weight is 184 g/mol. The average Bonchev–Trinajstić information content (AvgIpc) is 2.54. The molecule has 78 valence electrons. The van der Waals surface area contributed by atoms with E-state index >= 15 is 0 Å². The monoisotopic (exact) mass is 184 g/mol. The molecule has 2 nitrogen and oxygen atoms in total. The van der Waals surface area contributed by atoms with E-state index < -0.39 is 0 Å². The summed E-state index contributed by atoms with van der Waals surface area (Å²) in [5.41, 5.74) is 5.56. The first kappa shape index (κ1) is 11.0. The van der Waals surface area contributed by atoms with Gasteiger partial charge < -0.3 is 10.6 Å². The maximum absolute atomic E-state index is 5.56. The highest BCUT2D eigenvalue weighted by Gasteiger charge is 2.24. The maximum atomic E-state index is 5.56. The molecule has 2 unspecified atom stereocenters. The Balaban J connectivity index is 2.23. The topological polar surface area (TPSA) is 29.3 Å². The first-order valence-corrected chi connectivity index (χ1v) is 5.72. The van der Waals surface area contributed by atoms with E-state index in [0.29, 0.717) is 6.04 Å². The summed E-state index contributed by atoms with van der Waals surface area (Å²) in [6.45, 7) is 8.03. The van der Waals surface area contributed by atoms with Gasteiger partial charge in [-0.05, 0) is 45.2 Å². The molecule has 1 saturated heterocycles. The summed E-state index contributed by atoms with van der Waals surface area (Å²) >= 11 is 0. The molecule has 0 aromatic heterocycles. The minimum absolute atomic E-state index is 0.701. The van der Waals surface area contributed by atoms with Crippen LogP contribution in [0.4, 0.5) is 0 Å². The van der Waals surface area contributed by atoms with Crippen LogP contribution >= 0.6 is 0 Å². The van der Waals surface area contributed by atoms with Crippen LogP contribution in [-0.4, -0.2) is 30.6 Å². The molecule has 0 aliphatic carbocycles. The van der Waals surface area contributed by atoms with Crippen LogP contribution in [0, 0.1) is 5.92 Å². The van der Waals surface area contributed by atoms with Crippen molar-refractivity contribution in [1.29, 1.82) is 0 Å². The molecule has 1 aliphatic rings. The third-order valence-corrected chi connectivity index (χ3v) is 3.22. The molecule has 0 saturated carbocycles. The van der Waals surface area contributed by atoms with Gasteiger partial charge >= 0.3 is 0 Å². The van der Waals surface area contributed by atoms with Crippen molar-refractivity contribution in [2.45, 2.75) is 45.6 Å². The number of likely N-dealkylation sites (tertiary alicyclic amines) is 1. The third kappa shape index (κ3) is 3.28. The Labute approximate surface area is 82.5 Å². The molecular formula is C11H24N2. The van der Waals surface area contributed by atoms with Gasteiger partial charge in [-0.25, -0.2) is 0 Å². The van der Waals surface area contributed by atoms with Crippen molar-refractivity contribution >= 4 is 0 Å². The largest absolute Gasteiger partial charge is 0.330 e. The molecule has 2 heteroatoms. The molecule has 0 bridgehead atoms. The predicted octanol–water partition coefficient (Wildman–Crippen LogP) is 1.85. The molecule has 1 aliphatic heterocycles. The lowest BCUT2D eigenvalue weighted by Gasteiger charge is -2.23. The Morgan fingerprint density at radius 3 is 2.92 bits per heavy atom. The molecule has 1 rings (SSSR count). The van der Waals surface area contributed by atoms with Crippen molar-refractivity contribution < 1.29 is 0 Å². The zero-order chi connectivity index (χ0) is 9.68. The summed E-state index contributed by atoms with van der Waals surface area (Å²) in [5, 5.41) is 0. The summed E-state index contributed by atoms with van der Waals surface area (Å²) in [6, 6.07) is 0.701. The van der Waals surface area contributed by atoms with Gasteiger partial charge in [-0.1, -0.05) is 13.3 Å². The van der Waals surface area contributed by atoms with E-state index in [4.69, 9.17) is 5.73 Å². The molecule has 0 radical (unpaired) electrons. The normalized spacial score (nSPS) is 26.5. The van der Waals surface area contributed by atoms with Gasteiger partial charge in [-0.3, -0.25) is 0 Å². The summed E-state index contributed by atoms with van der Waals surface area (Å²) in [4.78, 5) is 2.60. The van der Waals surface area contributed by atoms with Crippen LogP contribution in [0.25, 0.3) is 0 Å². The van der Waals surface area contributed by atoms with Crippen molar-refractivity contribution in [1.82, 2.24) is 4.90 Å². The van der Waals surface area contributed by atoms with Crippen molar-refractivity contribution in [3.63, 3.8) is 0 Å². The lowest BCUT2D eigenvalue weighted by molar-refractivity contribution is 0.238. The second-order valence-corrected chi connectivity index (χ2v) is 4.36. The Morgan fingerprint density at radius 1 is 1.54 bits per heavy atom. The number of hydrogen-bond donors (Lipinski definition) is 1. The molecular weight excluding hydrogens is 160 g/mol. The predicted molar refractivity (Wildman–Crippen MR) is 57.7 cm³/mol. The minimum Gasteiger partial charge on any atom is -0.330 e. The van der Waals surface area contributed by atoms with E-state index in [0.717, 1.165) is 18.9 Å². The second-order valence-electron chi connectivity index (χ2n) is 4.36. The van der Waals surface area contributed by atoms with E-state index in [1.54, 1.807) is 0 Å². The van der Waals surface area contributed by atoms with Crippen LogP contribution in [0.1, 0.15) is 39.5 Å². The van der Waals surface area contributed by atoms with E-state index in [1.807, 2.05) is 0 Å². The molecule has 0 aromatic carbocycles. The van der Waals surface area contributed by atoms with Crippen molar-refractivity contribution in [2.24, 2.45) is 11.7 Å². The quantitative estimate of drug-likeness (QED) is 0.706. The Hall–Kier alpha value is -0.0800. The van der Waals surface area contributed by atoms with E-state index in [9.17, 15) is 0 Å².